The first-order valence-corrected chi connectivity index (χ1v) is 21.2. The molecule has 0 saturated heterocycles. The van der Waals surface area contributed by atoms with E-state index in [1.54, 1.807) is 80.6 Å². The summed E-state index contributed by atoms with van der Waals surface area (Å²) in [6, 6.07) is 18.2. The van der Waals surface area contributed by atoms with Crippen LogP contribution in [0.4, 0.5) is 4.79 Å². The Hall–Kier alpha value is -4.73. The molecule has 1 amide bonds. The number of fused-ring (bicyclic) bond motifs is 1. The topological polar surface area (TPSA) is 167 Å². The van der Waals surface area contributed by atoms with E-state index in [4.69, 9.17) is 25.5 Å². The van der Waals surface area contributed by atoms with Gasteiger partial charge in [0.15, 0.2) is 5.78 Å². The number of rotatable bonds is 26. The molecule has 0 aliphatic rings. The molecule has 2 atom stereocenters. The van der Waals surface area contributed by atoms with Gasteiger partial charge in [-0.2, -0.15) is 9.81 Å². The quantitative estimate of drug-likeness (QED) is 0.0315. The van der Waals surface area contributed by atoms with Gasteiger partial charge in [-0.05, 0) is 128 Å². The van der Waals surface area contributed by atoms with E-state index >= 15 is 0 Å². The lowest BCUT2D eigenvalue weighted by Gasteiger charge is -2.32. The molecular weight excluding hydrogens is 786 g/mol. The molecule has 0 aliphatic carbocycles. The largest absolute Gasteiger partial charge is 0.494 e. The molecular formula is C45H62ClN7O7. The first-order valence-electron chi connectivity index (χ1n) is 20.8. The Balaban J connectivity index is 1.39. The molecule has 4 rings (SSSR count). The van der Waals surface area contributed by atoms with E-state index in [0.717, 1.165) is 26.1 Å². The van der Waals surface area contributed by atoms with Crippen molar-refractivity contribution < 1.29 is 23.5 Å². The summed E-state index contributed by atoms with van der Waals surface area (Å²) in [7, 11) is 0. The summed E-state index contributed by atoms with van der Waals surface area (Å²) < 4.78 is 17.8. The molecule has 0 bridgehead atoms. The Morgan fingerprint density at radius 1 is 0.767 bits per heavy atom. The molecule has 2 unspecified atom stereocenters. The molecule has 1 aromatic heterocycles. The molecule has 0 saturated carbocycles. The number of carbonyl (C=O) groups is 2. The summed E-state index contributed by atoms with van der Waals surface area (Å²) >= 11 is 6.39. The van der Waals surface area contributed by atoms with Crippen LogP contribution in [0.5, 0.6) is 11.5 Å². The van der Waals surface area contributed by atoms with Gasteiger partial charge in [-0.1, -0.05) is 35.8 Å². The van der Waals surface area contributed by atoms with Crippen molar-refractivity contribution in [3.05, 3.63) is 92.7 Å². The van der Waals surface area contributed by atoms with E-state index in [1.165, 1.54) is 0 Å². The van der Waals surface area contributed by atoms with Crippen LogP contribution in [0, 0.1) is 9.81 Å². The van der Waals surface area contributed by atoms with Crippen LogP contribution in [0.15, 0.2) is 81.5 Å². The summed E-state index contributed by atoms with van der Waals surface area (Å²) in [4.78, 5) is 53.9. The second kappa shape index (κ2) is 22.8. The van der Waals surface area contributed by atoms with E-state index in [9.17, 15) is 19.4 Å². The Kier molecular flexibility index (Phi) is 18.2. The van der Waals surface area contributed by atoms with E-state index in [1.807, 2.05) is 27.7 Å². The minimum absolute atomic E-state index is 0.230. The summed E-state index contributed by atoms with van der Waals surface area (Å²) in [6.07, 6.45) is 0.283. The number of ether oxygens (including phenoxy) is 2. The van der Waals surface area contributed by atoms with E-state index in [-0.39, 0.29) is 5.78 Å². The number of nitrogens with one attached hydrogen (secondary N) is 3. The smallest absolute Gasteiger partial charge is 0.412 e. The van der Waals surface area contributed by atoms with E-state index < -0.39 is 29.3 Å². The van der Waals surface area contributed by atoms with Crippen LogP contribution >= 0.6 is 11.6 Å². The first-order chi connectivity index (χ1) is 28.6. The molecule has 14 nitrogen and oxygen atoms in total. The van der Waals surface area contributed by atoms with Crippen molar-refractivity contribution in [1.29, 1.82) is 0 Å². The molecule has 15 heteroatoms. The van der Waals surface area contributed by atoms with Crippen LogP contribution in [0.2, 0.25) is 5.02 Å². The number of halogens is 1. The van der Waals surface area contributed by atoms with Crippen LogP contribution in [-0.2, 0) is 0 Å². The molecule has 0 fully saturated rings. The fourth-order valence-corrected chi connectivity index (χ4v) is 6.64. The Morgan fingerprint density at radius 2 is 1.33 bits per heavy atom. The summed E-state index contributed by atoms with van der Waals surface area (Å²) in [5, 5.41) is 17.0. The van der Waals surface area contributed by atoms with Gasteiger partial charge >= 0.3 is 6.09 Å². The van der Waals surface area contributed by atoms with Crippen LogP contribution in [0.25, 0.3) is 22.3 Å². The van der Waals surface area contributed by atoms with Gasteiger partial charge in [-0.25, -0.2) is 4.79 Å². The maximum Gasteiger partial charge on any atom is 0.412 e. The van der Waals surface area contributed by atoms with Crippen molar-refractivity contribution in [1.82, 2.24) is 25.8 Å². The predicted molar refractivity (Wildman–Crippen MR) is 240 cm³/mol. The van der Waals surface area contributed by atoms with Gasteiger partial charge in [0.25, 0.3) is 0 Å². The van der Waals surface area contributed by atoms with Crippen molar-refractivity contribution in [2.75, 3.05) is 65.5 Å². The van der Waals surface area contributed by atoms with Crippen LogP contribution < -0.4 is 25.4 Å². The Morgan fingerprint density at radius 3 is 1.90 bits per heavy atom. The molecule has 1 heterocycles. The van der Waals surface area contributed by atoms with Gasteiger partial charge in [0.2, 0.25) is 0 Å². The number of ketones is 1. The third-order valence-corrected chi connectivity index (χ3v) is 11.5. The van der Waals surface area contributed by atoms with Crippen molar-refractivity contribution in [3.63, 3.8) is 0 Å². The molecule has 0 spiro atoms. The van der Waals surface area contributed by atoms with Gasteiger partial charge in [0.05, 0.1) is 12.2 Å². The van der Waals surface area contributed by atoms with Crippen LogP contribution in [0.3, 0.4) is 0 Å². The van der Waals surface area contributed by atoms with Crippen LogP contribution in [0.1, 0.15) is 77.7 Å². The third kappa shape index (κ3) is 13.6. The van der Waals surface area contributed by atoms with Gasteiger partial charge < -0.3 is 34.7 Å². The summed E-state index contributed by atoms with van der Waals surface area (Å²) in [5.41, 5.74) is 1.00. The van der Waals surface area contributed by atoms with Gasteiger partial charge in [-0.3, -0.25) is 9.69 Å². The zero-order valence-electron chi connectivity index (χ0n) is 36.3. The molecule has 0 radical (unpaired) electrons. The maximum atomic E-state index is 14.1. The average molecular weight is 848 g/mol. The number of hydrogen-bond donors (Lipinski definition) is 3. The van der Waals surface area contributed by atoms with Crippen LogP contribution in [-0.4, -0.2) is 110 Å². The number of amides is 1. The maximum absolute atomic E-state index is 14.1. The second-order valence-electron chi connectivity index (χ2n) is 16.1. The van der Waals surface area contributed by atoms with Crippen molar-refractivity contribution in [2.24, 2.45) is 10.4 Å². The first kappa shape index (κ1) is 47.9. The SMILES string of the molecule is CCN(CC)CCCOc1ccc(C(=O)c2c(-c3ccc(OC(=O)NCCN(CCNC(C)(C)C(C)N=O)CCNC(C)(C)C(C)N=O)cc3)oc3ccc(Cl)cc23)cc1. The zero-order valence-corrected chi connectivity index (χ0v) is 37.1. The standard InChI is InChI=1S/C45H62ClN7O7/c1-9-52(10-2)25-11-29-58-36-17-12-33(13-18-36)41(54)40-38-30-35(46)16-21-39(38)60-42(40)34-14-19-37(20-15-34)59-43(55)47-22-26-53(27-23-48-44(5,6)31(3)50-56)28-24-49-45(7,8)32(4)51-57/h12-21,30-32,48-49H,9-11,22-29H2,1-8H3,(H,47,55). The van der Waals surface area contributed by atoms with Crippen molar-refractivity contribution in [3.8, 4) is 22.8 Å². The molecule has 326 valence electrons. The number of furan rings is 1. The molecule has 3 N–H and O–H groups in total. The average Bonchev–Trinajstić information content (AvgIpc) is 3.61. The van der Waals surface area contributed by atoms with Gasteiger partial charge in [0.1, 0.15) is 34.9 Å². The zero-order chi connectivity index (χ0) is 43.9. The van der Waals surface area contributed by atoms with Crippen molar-refractivity contribution >= 4 is 34.4 Å². The normalized spacial score (nSPS) is 13.1. The van der Waals surface area contributed by atoms with Gasteiger partial charge in [-0.15, -0.1) is 0 Å². The Labute approximate surface area is 359 Å². The minimum Gasteiger partial charge on any atom is -0.494 e. The predicted octanol–water partition coefficient (Wildman–Crippen LogP) is 8.53. The number of carbonyl (C=O) groups excluding carboxylic acids is 2. The highest BCUT2D eigenvalue weighted by atomic mass is 35.5. The number of nitrogens with zero attached hydrogens (tertiary/aromatic N) is 4. The number of benzene rings is 3. The summed E-state index contributed by atoms with van der Waals surface area (Å²) in [6.45, 7) is 22.4. The molecule has 60 heavy (non-hydrogen) atoms. The van der Waals surface area contributed by atoms with Gasteiger partial charge in [0, 0.05) is 78.4 Å². The lowest BCUT2D eigenvalue weighted by atomic mass is 9.97. The highest BCUT2D eigenvalue weighted by molar-refractivity contribution is 6.32. The monoisotopic (exact) mass is 847 g/mol. The Bertz CT molecular complexity index is 1970. The second-order valence-corrected chi connectivity index (χ2v) is 16.5. The fourth-order valence-electron chi connectivity index (χ4n) is 6.46. The third-order valence-electron chi connectivity index (χ3n) is 11.2. The summed E-state index contributed by atoms with van der Waals surface area (Å²) in [5.74, 6) is 1.14. The molecule has 0 aliphatic heterocycles. The lowest BCUT2D eigenvalue weighted by molar-refractivity contribution is 0.104. The van der Waals surface area contributed by atoms with E-state index in [2.05, 4.69) is 50.0 Å². The number of nitroso groups, excluding NO2 is 2. The number of hydrogen-bond acceptors (Lipinski definition) is 13. The molecule has 3 aromatic carbocycles. The van der Waals surface area contributed by atoms with E-state index in [0.29, 0.717) is 95.8 Å². The minimum atomic E-state index is -0.622. The van der Waals surface area contributed by atoms with Crippen molar-refractivity contribution in [2.45, 2.75) is 85.0 Å². The fraction of sp³-hybridized carbons (Fsp3) is 0.511. The highest BCUT2D eigenvalue weighted by Crippen LogP contribution is 2.37. The lowest BCUT2D eigenvalue weighted by Crippen LogP contribution is -2.52. The highest BCUT2D eigenvalue weighted by Gasteiger charge is 2.28. The molecule has 4 aromatic rings.